The maximum absolute atomic E-state index is 12.8. The lowest BCUT2D eigenvalue weighted by Gasteiger charge is -2.41. The van der Waals surface area contributed by atoms with Gasteiger partial charge >= 0.3 is 6.03 Å². The van der Waals surface area contributed by atoms with Gasteiger partial charge in [-0.25, -0.2) is 4.79 Å². The van der Waals surface area contributed by atoms with Crippen LogP contribution in [-0.4, -0.2) is 178 Å². The smallest absolute Gasteiger partial charge is 0.315 e. The molecule has 27 rings (SSSR count). The molecule has 0 unspecified atom stereocenters. The van der Waals surface area contributed by atoms with Crippen molar-refractivity contribution in [1.82, 2.24) is 39.6 Å². The number of benzene rings is 12. The number of phenols is 1. The largest absolute Gasteiger partial charge is 0.504 e. The van der Waals surface area contributed by atoms with Gasteiger partial charge in [0, 0.05) is 80.6 Å². The molecule has 0 aliphatic carbocycles. The van der Waals surface area contributed by atoms with E-state index < -0.39 is 6.03 Å². The van der Waals surface area contributed by atoms with Crippen molar-refractivity contribution in [2.24, 2.45) is 5.73 Å². The maximum Gasteiger partial charge on any atom is 0.315 e. The van der Waals surface area contributed by atoms with Crippen molar-refractivity contribution in [3.05, 3.63) is 282 Å². The summed E-state index contributed by atoms with van der Waals surface area (Å²) in [5.41, 5.74) is 26.6. The molecule has 4 N–H and O–H groups in total. The number of amides is 2. The van der Waals surface area contributed by atoms with Crippen molar-refractivity contribution in [2.45, 2.75) is 147 Å². The minimum atomic E-state index is -0.486. The zero-order chi connectivity index (χ0) is 98.3. The van der Waals surface area contributed by atoms with Crippen LogP contribution in [0.4, 0.5) is 4.79 Å². The molecule has 738 valence electrons. The van der Waals surface area contributed by atoms with Gasteiger partial charge in [-0.15, -0.1) is 0 Å². The first-order valence-electron chi connectivity index (χ1n) is 50.1. The highest BCUT2D eigenvalue weighted by Gasteiger charge is 2.45. The first-order valence-corrected chi connectivity index (χ1v) is 51.0. The molecular formula is C116H121N9O16S2. The van der Waals surface area contributed by atoms with Gasteiger partial charge in [-0.05, 0) is 354 Å². The van der Waals surface area contributed by atoms with E-state index in [4.69, 9.17) is 96.5 Å². The van der Waals surface area contributed by atoms with E-state index in [1.54, 1.807) is 46.5 Å². The van der Waals surface area contributed by atoms with Crippen LogP contribution in [0.5, 0.6) is 138 Å². The van der Waals surface area contributed by atoms with Crippen LogP contribution >= 0.6 is 24.4 Å². The van der Waals surface area contributed by atoms with Gasteiger partial charge in [0.15, 0.2) is 109 Å². The third-order valence-corrected chi connectivity index (χ3v) is 31.8. The third-order valence-electron chi connectivity index (χ3n) is 30.9. The number of rotatable bonds is 12. The van der Waals surface area contributed by atoms with Gasteiger partial charge in [-0.1, -0.05) is 87.6 Å². The highest BCUT2D eigenvalue weighted by Crippen LogP contribution is 2.62. The molecule has 0 fully saturated rings. The average molecular weight is 1960 g/mol. The molecule has 0 aromatic heterocycles. The molecule has 0 saturated carbocycles. The lowest BCUT2D eigenvalue weighted by Crippen LogP contribution is -2.46. The second-order valence-corrected chi connectivity index (χ2v) is 39.9. The van der Waals surface area contributed by atoms with Gasteiger partial charge in [0.2, 0.25) is 17.2 Å². The maximum atomic E-state index is 12.8. The number of carbonyl (C=O) groups excluding carboxylic acids is 1. The summed E-state index contributed by atoms with van der Waals surface area (Å²) in [6.45, 7) is 15.4. The zero-order valence-electron chi connectivity index (χ0n) is 82.9. The molecule has 27 heteroatoms. The number of primary amides is 1. The fraction of sp³-hybridized carbons (Fsp3) is 0.353. The predicted octanol–water partition coefficient (Wildman–Crippen LogP) is 23.0. The number of urea groups is 1. The van der Waals surface area contributed by atoms with Crippen molar-refractivity contribution >= 4 is 40.6 Å². The normalized spacial score (nSPS) is 19.1. The summed E-state index contributed by atoms with van der Waals surface area (Å²) in [4.78, 5) is 29.8. The number of ether oxygens (including phenoxy) is 14. The number of methoxy groups -OCH3 is 5. The van der Waals surface area contributed by atoms with E-state index in [2.05, 4.69) is 174 Å². The van der Waals surface area contributed by atoms with E-state index >= 15 is 0 Å². The Balaban J connectivity index is 0.000000123. The standard InChI is InChI=1S/C43H50N4O5S.C38H38N2O5S.C35H33N3O6/c1-6-46(7-2)18-8-17-44-43(53)47-20-16-30-25-39(49-5)41-42-40(30)34(47)21-27-9-12-31(13-10-27)50-36-23-28(11-14-35(36)48-4)22-33-32-26-38(52-42)37(51-41)24-29(32)15-19-45(33)3;1-5-35(46)40-15-13-25-20-34(42-4)37-38-36(25)29(40)16-22-6-9-26(10-7-22)43-31-18-23(8-11-30(31)41-3)17-28-27-21-33(45-38)32(44-37)19-24(27)12-14-39(28)2;1-37-11-9-21-16-29-30-18-24(21)25(37)14-20-5-8-27(39)28(15-20)42-23-6-3-19(4-7-23)13-26-32-22(10-12-38(26)35(36)40)17-31(41-2)33(43-29)34(32)44-30/h9-14,23-26,33-34H,6-8,15-22H2,1-5H3,(H,44,53);6-11,18-21,28-29H,5,12-17H2,1-4H3;3-8,15-18,25-26,39H,9-14H2,1-2H3,(H2,36,40)/t33-,34-;28-,29-;25-,26-/m000/s1. The number of hydrogen-bond donors (Lipinski definition) is 3. The van der Waals surface area contributed by atoms with E-state index in [1.165, 1.54) is 61.2 Å². The van der Waals surface area contributed by atoms with Crippen molar-refractivity contribution < 1.29 is 76.2 Å². The molecule has 12 aromatic rings. The van der Waals surface area contributed by atoms with Gasteiger partial charge in [0.25, 0.3) is 0 Å². The summed E-state index contributed by atoms with van der Waals surface area (Å²) in [5.74, 6) is 15.4. The molecular weight excluding hydrogens is 1840 g/mol. The van der Waals surface area contributed by atoms with Gasteiger partial charge in [-0.2, -0.15) is 0 Å². The van der Waals surface area contributed by atoms with Crippen molar-refractivity contribution in [2.75, 3.05) is 122 Å². The second kappa shape index (κ2) is 39.6. The monoisotopic (exact) mass is 1960 g/mol. The minimum Gasteiger partial charge on any atom is -0.504 e. The number of nitrogens with two attached hydrogens (primary N) is 1. The SMILES string of the molecule is CCC(=S)N1CCc2cc(OC)c3c4c2[C@@H]1Cc1ccc(cc1)Oc1cc(ccc1OC)C[C@H]1c2cc(c(cc2CCN1C)O3)O4.CCN(CC)CCCNC(=S)N1CCc2cc(OC)c3c4c2[C@@H]1Cc1ccc(cc1)Oc1cc(ccc1OC)C[C@H]1c2cc(c(cc2CCN1C)O3)O4.COc1cc2c3c4c1Oc1cc5c(cc1O4)[C@H](Cc1ccc(O)c(c1)Oc1ccc(cc1)C[C@@H]3N(C(N)=O)CC2)N(C)CC5. The molecule has 2 amide bonds. The molecule has 21 bridgehead atoms. The highest BCUT2D eigenvalue weighted by molar-refractivity contribution is 7.80. The number of phenolic OH excluding ortho intramolecular Hbond substituents is 1. The van der Waals surface area contributed by atoms with Crippen LogP contribution in [-0.2, 0) is 77.0 Å². The number of carbonyl (C=O) groups is 1. The van der Waals surface area contributed by atoms with Crippen LogP contribution in [0.15, 0.2) is 182 Å². The van der Waals surface area contributed by atoms with E-state index in [9.17, 15) is 9.90 Å². The molecule has 0 radical (unpaired) electrons. The van der Waals surface area contributed by atoms with E-state index in [1.807, 2.05) is 78.9 Å². The summed E-state index contributed by atoms with van der Waals surface area (Å²) >= 11 is 12.2. The van der Waals surface area contributed by atoms with Crippen LogP contribution in [0.2, 0.25) is 0 Å². The van der Waals surface area contributed by atoms with Gasteiger partial charge in [0.1, 0.15) is 17.2 Å². The first kappa shape index (κ1) is 94.2. The fourth-order valence-electron chi connectivity index (χ4n) is 23.1. The lowest BCUT2D eigenvalue weighted by atomic mass is 9.86. The molecule has 15 aliphatic rings. The average Bonchev–Trinajstić information content (AvgIpc) is 0.735. The third kappa shape index (κ3) is 18.1. The minimum absolute atomic E-state index is 0.0278. The van der Waals surface area contributed by atoms with Crippen LogP contribution in [0.1, 0.15) is 170 Å². The summed E-state index contributed by atoms with van der Waals surface area (Å²) in [5, 5.41) is 15.0. The molecule has 15 heterocycles. The van der Waals surface area contributed by atoms with E-state index in [-0.39, 0.29) is 42.0 Å². The Morgan fingerprint density at radius 1 is 0.364 bits per heavy atom. The Labute approximate surface area is 846 Å². The fourth-order valence-corrected chi connectivity index (χ4v) is 23.7. The Bertz CT molecular complexity index is 6980. The number of likely N-dealkylation sites (N-methyl/N-ethyl adjacent to an activating group) is 3. The summed E-state index contributed by atoms with van der Waals surface area (Å²) in [6.07, 6.45) is 11.1. The van der Waals surface area contributed by atoms with Crippen LogP contribution in [0.25, 0.3) is 0 Å². The Morgan fingerprint density at radius 3 is 1.06 bits per heavy atom. The van der Waals surface area contributed by atoms with Gasteiger partial charge in [-0.3, -0.25) is 14.7 Å². The highest BCUT2D eigenvalue weighted by atomic mass is 32.1. The predicted molar refractivity (Wildman–Crippen MR) is 557 cm³/mol. The number of thiocarbonyl (C=S) groups is 2. The van der Waals surface area contributed by atoms with Crippen molar-refractivity contribution in [3.63, 3.8) is 0 Å². The van der Waals surface area contributed by atoms with Crippen molar-refractivity contribution in [3.8, 4) is 138 Å². The first-order chi connectivity index (χ1) is 69.7. The second-order valence-electron chi connectivity index (χ2n) is 39.1. The number of fused-ring (bicyclic) bond motifs is 6. The van der Waals surface area contributed by atoms with Crippen LogP contribution < -0.4 is 77.4 Å². The summed E-state index contributed by atoms with van der Waals surface area (Å²) < 4.78 is 89.3. The molecule has 6 atom stereocenters. The summed E-state index contributed by atoms with van der Waals surface area (Å²) in [7, 11) is 14.9. The lowest BCUT2D eigenvalue weighted by molar-refractivity contribution is 0.175. The number of nitrogens with one attached hydrogen (secondary N) is 1. The topological polar surface area (TPSA) is 227 Å². The van der Waals surface area contributed by atoms with Gasteiger partial charge < -0.3 is 102 Å². The zero-order valence-corrected chi connectivity index (χ0v) is 84.5. The Morgan fingerprint density at radius 2 is 0.685 bits per heavy atom. The molecule has 0 saturated heterocycles. The number of aromatic hydroxyl groups is 1. The van der Waals surface area contributed by atoms with Crippen LogP contribution in [0.3, 0.4) is 0 Å². The Kier molecular flexibility index (Phi) is 26.1. The van der Waals surface area contributed by atoms with E-state index in [0.29, 0.717) is 124 Å². The van der Waals surface area contributed by atoms with E-state index in [0.717, 1.165) is 212 Å². The molecule has 0 spiro atoms. The van der Waals surface area contributed by atoms with Crippen molar-refractivity contribution in [1.29, 1.82) is 0 Å². The molecule has 12 aromatic carbocycles. The Hall–Kier alpha value is -13.7. The number of hydrogen-bond acceptors (Lipinski definition) is 22. The number of nitrogens with zero attached hydrogens (tertiary/aromatic N) is 7. The van der Waals surface area contributed by atoms with Gasteiger partial charge in [0.05, 0.1) is 58.7 Å². The quantitative estimate of drug-likeness (QED) is 0.0763. The summed E-state index contributed by atoms with van der Waals surface area (Å²) in [6, 6.07) is 61.1. The molecule has 15 aliphatic heterocycles. The molecule has 143 heavy (non-hydrogen) atoms. The molecule has 25 nitrogen and oxygen atoms in total. The van der Waals surface area contributed by atoms with Crippen LogP contribution in [0, 0.1) is 0 Å².